The second-order valence-corrected chi connectivity index (χ2v) is 8.81. The first-order chi connectivity index (χ1) is 14.8. The van der Waals surface area contributed by atoms with Crippen LogP contribution in [0.3, 0.4) is 0 Å². The fraction of sp³-hybridized carbons (Fsp3) is 0.435. The van der Waals surface area contributed by atoms with Crippen LogP contribution in [0, 0.1) is 6.92 Å². The van der Waals surface area contributed by atoms with Gasteiger partial charge in [-0.05, 0) is 45.4 Å². The molecule has 31 heavy (non-hydrogen) atoms. The Morgan fingerprint density at radius 3 is 2.35 bits per heavy atom. The lowest BCUT2D eigenvalue weighted by Crippen LogP contribution is -2.50. The van der Waals surface area contributed by atoms with Crippen LogP contribution in [-0.2, 0) is 27.4 Å². The number of hydrogen-bond acceptors (Lipinski definition) is 5. The van der Waals surface area contributed by atoms with Crippen molar-refractivity contribution < 1.29 is 19.1 Å². The summed E-state index contributed by atoms with van der Waals surface area (Å²) in [5.74, 6) is -0.667. The largest absolute Gasteiger partial charge is 0.465 e. The van der Waals surface area contributed by atoms with E-state index in [-0.39, 0.29) is 31.6 Å². The molecule has 7 nitrogen and oxygen atoms in total. The molecule has 0 aliphatic heterocycles. The number of benzene rings is 1. The molecule has 0 spiro atoms. The van der Waals surface area contributed by atoms with Crippen molar-refractivity contribution in [3.8, 4) is 0 Å². The van der Waals surface area contributed by atoms with Crippen LogP contribution in [0.1, 0.15) is 36.1 Å². The molecule has 2 aromatic rings. The fourth-order valence-corrected chi connectivity index (χ4v) is 3.90. The molecule has 0 radical (unpaired) electrons. The number of urea groups is 1. The maximum atomic E-state index is 13.2. The molecule has 0 unspecified atom stereocenters. The number of esters is 1. The smallest absolute Gasteiger partial charge is 0.325 e. The molecule has 0 saturated heterocycles. The molecular formula is C23H31N3O4S. The van der Waals surface area contributed by atoms with Gasteiger partial charge < -0.3 is 19.9 Å². The van der Waals surface area contributed by atoms with E-state index in [0.717, 1.165) is 10.4 Å². The molecule has 1 heterocycles. The Hall–Kier alpha value is -2.87. The van der Waals surface area contributed by atoms with E-state index in [0.29, 0.717) is 13.1 Å². The van der Waals surface area contributed by atoms with Crippen LogP contribution in [0.25, 0.3) is 0 Å². The maximum Gasteiger partial charge on any atom is 0.325 e. The summed E-state index contributed by atoms with van der Waals surface area (Å²) in [7, 11) is 0. The van der Waals surface area contributed by atoms with Crippen molar-refractivity contribution in [1.82, 2.24) is 15.1 Å². The summed E-state index contributed by atoms with van der Waals surface area (Å²) in [5, 5.41) is 2.54. The number of carbonyl (C=O) groups is 3. The fourth-order valence-electron chi connectivity index (χ4n) is 2.99. The second-order valence-electron chi connectivity index (χ2n) is 7.43. The van der Waals surface area contributed by atoms with E-state index in [4.69, 9.17) is 4.74 Å². The van der Waals surface area contributed by atoms with Gasteiger partial charge in [-0.2, -0.15) is 0 Å². The number of thiophene rings is 1. The van der Waals surface area contributed by atoms with Crippen molar-refractivity contribution in [2.45, 2.75) is 46.8 Å². The van der Waals surface area contributed by atoms with Crippen molar-refractivity contribution >= 4 is 29.2 Å². The van der Waals surface area contributed by atoms with Crippen LogP contribution in [0.2, 0.25) is 0 Å². The Balaban J connectivity index is 2.10. The Morgan fingerprint density at radius 2 is 1.77 bits per heavy atom. The first-order valence-electron chi connectivity index (χ1n) is 10.4. The third-order valence-corrected chi connectivity index (χ3v) is 5.58. The Kier molecular flexibility index (Phi) is 9.52. The second kappa shape index (κ2) is 12.1. The van der Waals surface area contributed by atoms with Crippen molar-refractivity contribution in [2.24, 2.45) is 0 Å². The van der Waals surface area contributed by atoms with Gasteiger partial charge in [-0.1, -0.05) is 30.3 Å². The maximum absolute atomic E-state index is 13.2. The molecule has 3 amide bonds. The normalized spacial score (nSPS) is 10.6. The zero-order chi connectivity index (χ0) is 22.8. The third-order valence-electron chi connectivity index (χ3n) is 4.59. The summed E-state index contributed by atoms with van der Waals surface area (Å²) in [6.45, 7) is 8.27. The first kappa shape index (κ1) is 24.4. The van der Waals surface area contributed by atoms with Crippen LogP contribution in [-0.4, -0.2) is 53.4 Å². The number of amides is 3. The minimum atomic E-state index is -0.510. The standard InChI is InChI=1S/C23H31N3O4S/c1-5-30-22(28)13-24-23(29)26(17(2)3)16-21(27)25(14-19-9-7-6-8-10-19)15-20-12-11-18(4)31-20/h6-12,17H,5,13-16H2,1-4H3,(H,24,29). The Morgan fingerprint density at radius 1 is 1.06 bits per heavy atom. The zero-order valence-corrected chi connectivity index (χ0v) is 19.4. The average molecular weight is 446 g/mol. The summed E-state index contributed by atoms with van der Waals surface area (Å²) in [5.41, 5.74) is 1.02. The number of rotatable bonds is 10. The van der Waals surface area contributed by atoms with E-state index in [1.165, 1.54) is 9.78 Å². The van der Waals surface area contributed by atoms with Crippen LogP contribution in [0.15, 0.2) is 42.5 Å². The molecule has 0 atom stereocenters. The molecule has 0 bridgehead atoms. The number of hydrogen-bond donors (Lipinski definition) is 1. The van der Waals surface area contributed by atoms with Crippen molar-refractivity contribution in [1.29, 1.82) is 0 Å². The molecular weight excluding hydrogens is 414 g/mol. The molecule has 1 aromatic carbocycles. The lowest BCUT2D eigenvalue weighted by molar-refractivity contribution is -0.141. The molecule has 1 aromatic heterocycles. The van der Waals surface area contributed by atoms with Gasteiger partial charge in [0.05, 0.1) is 13.2 Å². The van der Waals surface area contributed by atoms with Crippen LogP contribution >= 0.6 is 11.3 Å². The monoisotopic (exact) mass is 445 g/mol. The minimum Gasteiger partial charge on any atom is -0.465 e. The summed E-state index contributed by atoms with van der Waals surface area (Å²) >= 11 is 1.65. The zero-order valence-electron chi connectivity index (χ0n) is 18.6. The highest BCUT2D eigenvalue weighted by Gasteiger charge is 2.24. The van der Waals surface area contributed by atoms with Gasteiger partial charge in [0.25, 0.3) is 0 Å². The highest BCUT2D eigenvalue weighted by atomic mass is 32.1. The molecule has 0 aliphatic carbocycles. The molecule has 2 rings (SSSR count). The van der Waals surface area contributed by atoms with Gasteiger partial charge in [0, 0.05) is 22.3 Å². The van der Waals surface area contributed by atoms with Gasteiger partial charge in [-0.3, -0.25) is 9.59 Å². The number of aryl methyl sites for hydroxylation is 1. The minimum absolute atomic E-state index is 0.0798. The first-order valence-corrected chi connectivity index (χ1v) is 11.2. The van der Waals surface area contributed by atoms with Crippen molar-refractivity contribution in [3.05, 3.63) is 57.8 Å². The van der Waals surface area contributed by atoms with Gasteiger partial charge in [-0.25, -0.2) is 4.79 Å². The van der Waals surface area contributed by atoms with E-state index in [1.54, 1.807) is 23.2 Å². The molecule has 0 aliphatic rings. The third kappa shape index (κ3) is 8.05. The summed E-state index contributed by atoms with van der Waals surface area (Å²) < 4.78 is 4.84. The summed E-state index contributed by atoms with van der Waals surface area (Å²) in [6.07, 6.45) is 0. The summed E-state index contributed by atoms with van der Waals surface area (Å²) in [4.78, 5) is 42.9. The SMILES string of the molecule is CCOC(=O)CNC(=O)N(CC(=O)N(Cc1ccccc1)Cc1ccc(C)s1)C(C)C. The van der Waals surface area contributed by atoms with E-state index in [9.17, 15) is 14.4 Å². The van der Waals surface area contributed by atoms with Gasteiger partial charge >= 0.3 is 12.0 Å². The molecule has 0 fully saturated rings. The van der Waals surface area contributed by atoms with Gasteiger partial charge in [0.2, 0.25) is 5.91 Å². The predicted octanol–water partition coefficient (Wildman–Crippen LogP) is 3.57. The lowest BCUT2D eigenvalue weighted by atomic mass is 10.2. The number of nitrogens with one attached hydrogen (secondary N) is 1. The Labute approximate surface area is 188 Å². The average Bonchev–Trinajstić information content (AvgIpc) is 3.15. The number of nitrogens with zero attached hydrogens (tertiary/aromatic N) is 2. The van der Waals surface area contributed by atoms with E-state index in [2.05, 4.69) is 5.32 Å². The topological polar surface area (TPSA) is 79.0 Å². The van der Waals surface area contributed by atoms with Crippen LogP contribution in [0.5, 0.6) is 0 Å². The van der Waals surface area contributed by atoms with Gasteiger partial charge in [-0.15, -0.1) is 11.3 Å². The van der Waals surface area contributed by atoms with Crippen LogP contribution in [0.4, 0.5) is 4.79 Å². The van der Waals surface area contributed by atoms with E-state index in [1.807, 2.05) is 63.2 Å². The molecule has 0 saturated carbocycles. The van der Waals surface area contributed by atoms with Crippen LogP contribution < -0.4 is 5.32 Å². The molecule has 1 N–H and O–H groups in total. The highest BCUT2D eigenvalue weighted by molar-refractivity contribution is 7.11. The summed E-state index contributed by atoms with van der Waals surface area (Å²) in [6, 6.07) is 13.2. The predicted molar refractivity (Wildman–Crippen MR) is 122 cm³/mol. The van der Waals surface area contributed by atoms with Crippen molar-refractivity contribution in [2.75, 3.05) is 19.7 Å². The van der Waals surface area contributed by atoms with E-state index < -0.39 is 12.0 Å². The quantitative estimate of drug-likeness (QED) is 0.567. The number of carbonyl (C=O) groups excluding carboxylic acids is 3. The molecule has 8 heteroatoms. The number of ether oxygens (including phenoxy) is 1. The Bertz CT molecular complexity index is 867. The van der Waals surface area contributed by atoms with Gasteiger partial charge in [0.1, 0.15) is 13.1 Å². The lowest BCUT2D eigenvalue weighted by Gasteiger charge is -2.30. The highest BCUT2D eigenvalue weighted by Crippen LogP contribution is 2.19. The van der Waals surface area contributed by atoms with Crippen molar-refractivity contribution in [3.63, 3.8) is 0 Å². The molecule has 168 valence electrons. The van der Waals surface area contributed by atoms with Gasteiger partial charge in [0.15, 0.2) is 0 Å². The van der Waals surface area contributed by atoms with E-state index >= 15 is 0 Å².